The summed E-state index contributed by atoms with van der Waals surface area (Å²) in [6.45, 7) is 2.46. The number of halogens is 1. The van der Waals surface area contributed by atoms with Crippen molar-refractivity contribution >= 4 is 29.1 Å². The Morgan fingerprint density at radius 3 is 2.32 bits per heavy atom. The molecule has 1 aliphatic heterocycles. The summed E-state index contributed by atoms with van der Waals surface area (Å²) in [7, 11) is 1.55. The van der Waals surface area contributed by atoms with Crippen LogP contribution >= 0.6 is 11.6 Å². The highest BCUT2D eigenvalue weighted by Gasteiger charge is 2.45. The van der Waals surface area contributed by atoms with Gasteiger partial charge in [0.15, 0.2) is 0 Å². The van der Waals surface area contributed by atoms with E-state index < -0.39 is 17.7 Å². The summed E-state index contributed by atoms with van der Waals surface area (Å²) in [4.78, 5) is 27.0. The van der Waals surface area contributed by atoms with E-state index in [2.05, 4.69) is 0 Å². The van der Waals surface area contributed by atoms with Crippen molar-refractivity contribution in [2.75, 3.05) is 13.7 Å². The van der Waals surface area contributed by atoms with E-state index in [1.165, 1.54) is 4.90 Å². The number of rotatable bonds is 6. The van der Waals surface area contributed by atoms with E-state index in [9.17, 15) is 14.7 Å². The highest BCUT2D eigenvalue weighted by molar-refractivity contribution is 6.46. The zero-order chi connectivity index (χ0) is 20.3. The van der Waals surface area contributed by atoms with Gasteiger partial charge in [0.05, 0.1) is 18.7 Å². The van der Waals surface area contributed by atoms with Crippen LogP contribution < -0.4 is 4.74 Å². The number of hydrogen-bond acceptors (Lipinski definition) is 4. The predicted molar refractivity (Wildman–Crippen MR) is 108 cm³/mol. The lowest BCUT2D eigenvalue weighted by atomic mass is 9.95. The number of carbonyl (C=O) groups excluding carboxylic acids is 2. The maximum Gasteiger partial charge on any atom is 0.295 e. The van der Waals surface area contributed by atoms with E-state index in [-0.39, 0.29) is 11.3 Å². The molecule has 1 heterocycles. The molecule has 0 unspecified atom stereocenters. The lowest BCUT2D eigenvalue weighted by Crippen LogP contribution is -2.30. The minimum Gasteiger partial charge on any atom is -0.507 e. The normalized spacial score (nSPS) is 18.5. The number of Topliss-reactive ketones (excluding diaryl/α,β-unsaturated/α-hetero) is 1. The van der Waals surface area contributed by atoms with Crippen molar-refractivity contribution in [1.29, 1.82) is 0 Å². The van der Waals surface area contributed by atoms with Crippen LogP contribution in [0.5, 0.6) is 5.75 Å². The van der Waals surface area contributed by atoms with Gasteiger partial charge in [-0.2, -0.15) is 0 Å². The van der Waals surface area contributed by atoms with Crippen molar-refractivity contribution in [3.8, 4) is 5.75 Å². The Balaban J connectivity index is 2.12. The largest absolute Gasteiger partial charge is 0.507 e. The van der Waals surface area contributed by atoms with Gasteiger partial charge in [0.25, 0.3) is 11.7 Å². The van der Waals surface area contributed by atoms with Crippen molar-refractivity contribution in [2.45, 2.75) is 25.8 Å². The maximum atomic E-state index is 12.8. The van der Waals surface area contributed by atoms with Crippen molar-refractivity contribution < 1.29 is 19.4 Å². The molecule has 0 radical (unpaired) electrons. The molecule has 2 aromatic carbocycles. The Morgan fingerprint density at radius 2 is 1.75 bits per heavy atom. The number of carbonyl (C=O) groups is 2. The average molecular weight is 400 g/mol. The summed E-state index contributed by atoms with van der Waals surface area (Å²) >= 11 is 6.00. The lowest BCUT2D eigenvalue weighted by Gasteiger charge is -2.25. The molecule has 0 spiro atoms. The molecule has 1 saturated heterocycles. The molecule has 1 fully saturated rings. The van der Waals surface area contributed by atoms with E-state index in [1.807, 2.05) is 6.92 Å². The maximum absolute atomic E-state index is 12.8. The number of nitrogens with zero attached hydrogens (tertiary/aromatic N) is 1. The fraction of sp³-hybridized carbons (Fsp3) is 0.273. The van der Waals surface area contributed by atoms with E-state index in [4.69, 9.17) is 16.3 Å². The monoisotopic (exact) mass is 399 g/mol. The molecule has 0 saturated carbocycles. The van der Waals surface area contributed by atoms with E-state index >= 15 is 0 Å². The van der Waals surface area contributed by atoms with Gasteiger partial charge < -0.3 is 14.7 Å². The molecular formula is C22H22ClNO4. The molecule has 5 nitrogen and oxygen atoms in total. The fourth-order valence-electron chi connectivity index (χ4n) is 3.34. The molecule has 1 aliphatic rings. The van der Waals surface area contributed by atoms with Gasteiger partial charge in [-0.05, 0) is 48.4 Å². The second-order valence-electron chi connectivity index (χ2n) is 6.63. The Hall–Kier alpha value is -2.79. The molecule has 1 atom stereocenters. The highest BCUT2D eigenvalue weighted by Crippen LogP contribution is 2.39. The number of amides is 1. The Labute approximate surface area is 169 Å². The van der Waals surface area contributed by atoms with Crippen LogP contribution in [-0.4, -0.2) is 35.4 Å². The Kier molecular flexibility index (Phi) is 6.05. The Bertz CT molecular complexity index is 903. The third-order valence-corrected chi connectivity index (χ3v) is 5.09. The zero-order valence-electron chi connectivity index (χ0n) is 15.8. The summed E-state index contributed by atoms with van der Waals surface area (Å²) in [5.41, 5.74) is 1.27. The summed E-state index contributed by atoms with van der Waals surface area (Å²) in [5.74, 6) is -0.831. The third-order valence-electron chi connectivity index (χ3n) is 4.84. The molecule has 28 heavy (non-hydrogen) atoms. The molecule has 2 aromatic rings. The van der Waals surface area contributed by atoms with Gasteiger partial charge in [0, 0.05) is 17.1 Å². The first-order valence-corrected chi connectivity index (χ1v) is 9.54. The van der Waals surface area contributed by atoms with Crippen LogP contribution in [0, 0.1) is 0 Å². The molecule has 0 bridgehead atoms. The van der Waals surface area contributed by atoms with Gasteiger partial charge >= 0.3 is 0 Å². The van der Waals surface area contributed by atoms with Crippen molar-refractivity contribution in [1.82, 2.24) is 4.90 Å². The SMILES string of the molecule is CCCCN1C(=O)C(=O)C(=C(O)c2ccc(OC)cc2)[C@@H]1c1ccc(Cl)cc1. The lowest BCUT2D eigenvalue weighted by molar-refractivity contribution is -0.139. The number of ketones is 1. The number of benzene rings is 2. The van der Waals surface area contributed by atoms with Gasteiger partial charge in [-0.3, -0.25) is 9.59 Å². The molecule has 6 heteroatoms. The first-order valence-electron chi connectivity index (χ1n) is 9.16. The number of ether oxygens (including phenoxy) is 1. The van der Waals surface area contributed by atoms with Gasteiger partial charge in [-0.1, -0.05) is 37.1 Å². The molecule has 0 aliphatic carbocycles. The van der Waals surface area contributed by atoms with Crippen LogP contribution in [0.15, 0.2) is 54.1 Å². The van der Waals surface area contributed by atoms with Crippen molar-refractivity contribution in [3.05, 3.63) is 70.3 Å². The van der Waals surface area contributed by atoms with Gasteiger partial charge in [0.2, 0.25) is 0 Å². The topological polar surface area (TPSA) is 66.8 Å². The molecular weight excluding hydrogens is 378 g/mol. The first-order chi connectivity index (χ1) is 13.5. The van der Waals surface area contributed by atoms with E-state index in [0.717, 1.165) is 18.4 Å². The molecule has 146 valence electrons. The van der Waals surface area contributed by atoms with Gasteiger partial charge in [-0.15, -0.1) is 0 Å². The number of aliphatic hydroxyl groups is 1. The first kappa shape index (κ1) is 20.0. The van der Waals surface area contributed by atoms with Crippen molar-refractivity contribution in [2.24, 2.45) is 0 Å². The highest BCUT2D eigenvalue weighted by atomic mass is 35.5. The fourth-order valence-corrected chi connectivity index (χ4v) is 3.46. The Morgan fingerprint density at radius 1 is 1.11 bits per heavy atom. The molecule has 0 aromatic heterocycles. The molecule has 1 amide bonds. The summed E-state index contributed by atoms with van der Waals surface area (Å²) in [5, 5.41) is 11.5. The van der Waals surface area contributed by atoms with Crippen LogP contribution in [0.4, 0.5) is 0 Å². The minimum absolute atomic E-state index is 0.0913. The van der Waals surface area contributed by atoms with Crippen LogP contribution in [0.3, 0.4) is 0 Å². The molecule has 1 N–H and O–H groups in total. The van der Waals surface area contributed by atoms with Gasteiger partial charge in [-0.25, -0.2) is 0 Å². The van der Waals surface area contributed by atoms with Crippen molar-refractivity contribution in [3.63, 3.8) is 0 Å². The number of unbranched alkanes of at least 4 members (excludes halogenated alkanes) is 1. The second-order valence-corrected chi connectivity index (χ2v) is 7.06. The third kappa shape index (κ3) is 3.76. The summed E-state index contributed by atoms with van der Waals surface area (Å²) in [6.07, 6.45) is 1.65. The number of methoxy groups -OCH3 is 1. The summed E-state index contributed by atoms with van der Waals surface area (Å²) in [6, 6.07) is 13.0. The number of aliphatic hydroxyl groups excluding tert-OH is 1. The van der Waals surface area contributed by atoms with Crippen LogP contribution in [0.1, 0.15) is 36.9 Å². The number of hydrogen-bond donors (Lipinski definition) is 1. The standard InChI is InChI=1S/C22H22ClNO4/c1-3-4-13-24-19(14-5-9-16(23)10-6-14)18(21(26)22(24)27)20(25)15-7-11-17(28-2)12-8-15/h5-12,19,25H,3-4,13H2,1-2H3/t19-/m0/s1. The minimum atomic E-state index is -0.677. The van der Waals surface area contributed by atoms with E-state index in [0.29, 0.717) is 22.9 Å². The second kappa shape index (κ2) is 8.48. The summed E-state index contributed by atoms with van der Waals surface area (Å²) < 4.78 is 5.14. The van der Waals surface area contributed by atoms with Gasteiger partial charge in [0.1, 0.15) is 11.5 Å². The van der Waals surface area contributed by atoms with Crippen LogP contribution in [-0.2, 0) is 9.59 Å². The van der Waals surface area contributed by atoms with Crippen LogP contribution in [0.25, 0.3) is 5.76 Å². The average Bonchev–Trinajstić information content (AvgIpc) is 2.97. The number of likely N-dealkylation sites (tertiary alicyclic amines) is 1. The predicted octanol–water partition coefficient (Wildman–Crippen LogP) is 4.57. The van der Waals surface area contributed by atoms with E-state index in [1.54, 1.807) is 55.6 Å². The van der Waals surface area contributed by atoms with Crippen LogP contribution in [0.2, 0.25) is 5.02 Å². The zero-order valence-corrected chi connectivity index (χ0v) is 16.6. The smallest absolute Gasteiger partial charge is 0.295 e. The molecule has 3 rings (SSSR count). The quantitative estimate of drug-likeness (QED) is 0.439.